The van der Waals surface area contributed by atoms with Crippen LogP contribution in [0.5, 0.6) is 5.75 Å². The van der Waals surface area contributed by atoms with Crippen molar-refractivity contribution >= 4 is 15.7 Å². The van der Waals surface area contributed by atoms with Gasteiger partial charge in [0, 0.05) is 7.05 Å². The Morgan fingerprint density at radius 2 is 1.70 bits per heavy atom. The summed E-state index contributed by atoms with van der Waals surface area (Å²) >= 11 is 0. The fourth-order valence-corrected chi connectivity index (χ4v) is 3.77. The predicted molar refractivity (Wildman–Crippen MR) is 84.9 cm³/mol. The normalized spacial score (nSPS) is 12.3. The van der Waals surface area contributed by atoms with Gasteiger partial charge in [-0.2, -0.15) is 13.2 Å². The molecular weight excluding hydrogens is 400 g/mol. The van der Waals surface area contributed by atoms with Crippen molar-refractivity contribution in [2.45, 2.75) is 17.5 Å². The van der Waals surface area contributed by atoms with E-state index in [1.807, 2.05) is 0 Å². The lowest BCUT2D eigenvalue weighted by Crippen LogP contribution is -2.30. The van der Waals surface area contributed by atoms with E-state index in [-0.39, 0.29) is 0 Å². The smallest absolute Gasteiger partial charge is 0.417 e. The summed E-state index contributed by atoms with van der Waals surface area (Å²) in [5, 5.41) is 0. The maximum Gasteiger partial charge on any atom is 0.417 e. The molecule has 0 bridgehead atoms. The fourth-order valence-electron chi connectivity index (χ4n) is 2.25. The van der Waals surface area contributed by atoms with E-state index < -0.39 is 56.9 Å². The predicted octanol–water partition coefficient (Wildman–Crippen LogP) is 4.31. The van der Waals surface area contributed by atoms with Crippen LogP contribution in [0.1, 0.15) is 5.56 Å². The molecule has 0 unspecified atom stereocenters. The molecule has 0 spiro atoms. The highest BCUT2D eigenvalue weighted by molar-refractivity contribution is 7.93. The number of anilines is 1. The minimum absolute atomic E-state index is 0.294. The summed E-state index contributed by atoms with van der Waals surface area (Å²) in [5.41, 5.74) is -2.13. The highest BCUT2D eigenvalue weighted by Gasteiger charge is 2.41. The van der Waals surface area contributed by atoms with Crippen LogP contribution in [-0.4, -0.2) is 28.5 Å². The van der Waals surface area contributed by atoms with Crippen molar-refractivity contribution in [2.24, 2.45) is 0 Å². The molecule has 148 valence electrons. The van der Waals surface area contributed by atoms with Gasteiger partial charge in [0.1, 0.15) is 23.1 Å². The van der Waals surface area contributed by atoms with E-state index in [0.29, 0.717) is 10.4 Å². The highest BCUT2D eigenvalue weighted by atomic mass is 32.2. The Bertz CT molecular complexity index is 915. The number of nitrogens with zero attached hydrogens (tertiary/aromatic N) is 1. The second kappa shape index (κ2) is 7.67. The first-order valence-corrected chi connectivity index (χ1v) is 8.75. The van der Waals surface area contributed by atoms with Gasteiger partial charge >= 0.3 is 6.18 Å². The van der Waals surface area contributed by atoms with Crippen molar-refractivity contribution < 1.29 is 39.5 Å². The lowest BCUT2D eigenvalue weighted by molar-refractivity contribution is -0.140. The Labute approximate surface area is 151 Å². The van der Waals surface area contributed by atoms with Crippen molar-refractivity contribution in [2.75, 3.05) is 18.0 Å². The average Bonchev–Trinajstić information content (AvgIpc) is 2.58. The molecule has 0 aliphatic carbocycles. The molecular formula is C16H13F6NO3S. The summed E-state index contributed by atoms with van der Waals surface area (Å²) in [6.07, 6.45) is -8.16. The third kappa shape index (κ3) is 4.46. The molecule has 27 heavy (non-hydrogen) atoms. The summed E-state index contributed by atoms with van der Waals surface area (Å²) in [6, 6.07) is 6.63. The van der Waals surface area contributed by atoms with Crippen molar-refractivity contribution in [3.8, 4) is 5.75 Å². The van der Waals surface area contributed by atoms with Gasteiger partial charge in [0.25, 0.3) is 16.4 Å². The zero-order valence-electron chi connectivity index (χ0n) is 13.7. The maximum atomic E-state index is 13.9. The van der Waals surface area contributed by atoms with E-state index in [9.17, 15) is 34.8 Å². The zero-order chi connectivity index (χ0) is 20.4. The molecule has 0 amide bonds. The second-order valence-corrected chi connectivity index (χ2v) is 7.16. The molecule has 0 radical (unpaired) electrons. The highest BCUT2D eigenvalue weighted by Crippen LogP contribution is 2.41. The first-order valence-electron chi connectivity index (χ1n) is 7.31. The molecule has 0 saturated carbocycles. The molecule has 0 aromatic heterocycles. The molecule has 2 aromatic rings. The summed E-state index contributed by atoms with van der Waals surface area (Å²) in [7, 11) is -4.16. The second-order valence-electron chi connectivity index (χ2n) is 5.26. The largest absolute Gasteiger partial charge is 0.486 e. The van der Waals surface area contributed by atoms with Gasteiger partial charge in [0.05, 0.1) is 11.3 Å². The molecule has 11 heteroatoms. The minimum Gasteiger partial charge on any atom is -0.486 e. The molecule has 2 aromatic carbocycles. The maximum absolute atomic E-state index is 13.9. The first kappa shape index (κ1) is 20.9. The van der Waals surface area contributed by atoms with Crippen LogP contribution in [0.3, 0.4) is 0 Å². The molecule has 0 atom stereocenters. The Balaban J connectivity index is 2.68. The average molecular weight is 413 g/mol. The molecule has 0 aliphatic rings. The number of halogens is 6. The molecule has 2 rings (SSSR count). The SMILES string of the molecule is CN(c1ccccc1F)S(=O)(=O)c1c(OCC(F)F)cccc1C(F)(F)F. The van der Waals surface area contributed by atoms with Crippen LogP contribution in [0.2, 0.25) is 0 Å². The van der Waals surface area contributed by atoms with E-state index in [1.54, 1.807) is 0 Å². The van der Waals surface area contributed by atoms with Crippen LogP contribution in [0, 0.1) is 5.82 Å². The molecule has 0 aliphatic heterocycles. The van der Waals surface area contributed by atoms with E-state index in [1.165, 1.54) is 12.1 Å². The Morgan fingerprint density at radius 1 is 1.07 bits per heavy atom. The van der Waals surface area contributed by atoms with Gasteiger partial charge in [-0.1, -0.05) is 18.2 Å². The molecule has 0 saturated heterocycles. The molecule has 0 N–H and O–H groups in total. The van der Waals surface area contributed by atoms with Gasteiger partial charge in [0.15, 0.2) is 0 Å². The van der Waals surface area contributed by atoms with Gasteiger partial charge in [-0.3, -0.25) is 4.31 Å². The van der Waals surface area contributed by atoms with Gasteiger partial charge in [-0.15, -0.1) is 0 Å². The van der Waals surface area contributed by atoms with Gasteiger partial charge < -0.3 is 4.74 Å². The molecule has 0 fully saturated rings. The monoisotopic (exact) mass is 413 g/mol. The number of sulfonamides is 1. The summed E-state index contributed by atoms with van der Waals surface area (Å²) in [6.45, 7) is -1.31. The van der Waals surface area contributed by atoms with E-state index >= 15 is 0 Å². The van der Waals surface area contributed by atoms with Crippen molar-refractivity contribution in [3.05, 3.63) is 53.8 Å². The van der Waals surface area contributed by atoms with Crippen LogP contribution in [0.4, 0.5) is 32.0 Å². The van der Waals surface area contributed by atoms with Crippen LogP contribution < -0.4 is 9.04 Å². The quantitative estimate of drug-likeness (QED) is 0.663. The summed E-state index contributed by atoms with van der Waals surface area (Å²) in [4.78, 5) is -1.37. The molecule has 0 heterocycles. The Kier molecular flexibility index (Phi) is 5.93. The standard InChI is InChI=1S/C16H13F6NO3S/c1-23(12-7-3-2-6-11(12)17)27(24,25)15-10(16(20,21)22)5-4-8-13(15)26-9-14(18)19/h2-8,14H,9H2,1H3. The van der Waals surface area contributed by atoms with Crippen molar-refractivity contribution in [1.82, 2.24) is 0 Å². The minimum atomic E-state index is -5.12. The number of benzene rings is 2. The molecule has 4 nitrogen and oxygen atoms in total. The number of alkyl halides is 5. The van der Waals surface area contributed by atoms with E-state index in [2.05, 4.69) is 4.74 Å². The van der Waals surface area contributed by atoms with Gasteiger partial charge in [-0.05, 0) is 24.3 Å². The van der Waals surface area contributed by atoms with Crippen LogP contribution >= 0.6 is 0 Å². The van der Waals surface area contributed by atoms with Gasteiger partial charge in [-0.25, -0.2) is 21.6 Å². The Hall–Kier alpha value is -2.43. The van der Waals surface area contributed by atoms with Crippen molar-refractivity contribution in [3.63, 3.8) is 0 Å². The van der Waals surface area contributed by atoms with Gasteiger partial charge in [0.2, 0.25) is 0 Å². The zero-order valence-corrected chi connectivity index (χ0v) is 14.5. The summed E-state index contributed by atoms with van der Waals surface area (Å²) in [5.74, 6) is -1.91. The van der Waals surface area contributed by atoms with Crippen LogP contribution in [-0.2, 0) is 16.2 Å². The third-order valence-corrected chi connectivity index (χ3v) is 5.31. The van der Waals surface area contributed by atoms with E-state index in [4.69, 9.17) is 0 Å². The van der Waals surface area contributed by atoms with Crippen molar-refractivity contribution in [1.29, 1.82) is 0 Å². The number of rotatable bonds is 6. The first-order chi connectivity index (χ1) is 12.5. The number of ether oxygens (including phenoxy) is 1. The number of para-hydroxylation sites is 1. The topological polar surface area (TPSA) is 46.6 Å². The lowest BCUT2D eigenvalue weighted by atomic mass is 10.2. The van der Waals surface area contributed by atoms with Crippen LogP contribution in [0.25, 0.3) is 0 Å². The van der Waals surface area contributed by atoms with Crippen LogP contribution in [0.15, 0.2) is 47.4 Å². The number of hydrogen-bond acceptors (Lipinski definition) is 3. The Morgan fingerprint density at radius 3 is 2.26 bits per heavy atom. The summed E-state index contributed by atoms with van der Waals surface area (Å²) < 4.78 is 109. The third-order valence-electron chi connectivity index (χ3n) is 3.46. The van der Waals surface area contributed by atoms with E-state index in [0.717, 1.165) is 31.3 Å². The fraction of sp³-hybridized carbons (Fsp3) is 0.250. The number of hydrogen-bond donors (Lipinski definition) is 0. The lowest BCUT2D eigenvalue weighted by Gasteiger charge is -2.24.